The fourth-order valence-electron chi connectivity index (χ4n) is 2.40. The standard InChI is InChI=1S/C16H13F2NO4/c17-16(18)22-13-6-2-5-11(14(13)23-16)10-4-1-3-9(7-10)8-12(19)15(20)21/h1-7,12H,8,19H2,(H,20,21). The quantitative estimate of drug-likeness (QED) is 0.904. The molecule has 7 heteroatoms. The molecule has 0 amide bonds. The number of nitrogens with two attached hydrogens (primary N) is 1. The van der Waals surface area contributed by atoms with Crippen LogP contribution in [0.2, 0.25) is 0 Å². The molecule has 0 aliphatic carbocycles. The van der Waals surface area contributed by atoms with Crippen LogP contribution in [0.4, 0.5) is 8.78 Å². The Balaban J connectivity index is 1.95. The smallest absolute Gasteiger partial charge is 0.480 e. The van der Waals surface area contributed by atoms with E-state index in [-0.39, 0.29) is 17.9 Å². The van der Waals surface area contributed by atoms with Gasteiger partial charge in [-0.3, -0.25) is 4.79 Å². The lowest BCUT2D eigenvalue weighted by atomic mass is 9.99. The number of hydrogen-bond acceptors (Lipinski definition) is 4. The van der Waals surface area contributed by atoms with Crippen LogP contribution in [-0.4, -0.2) is 23.4 Å². The Morgan fingerprint density at radius 3 is 2.70 bits per heavy atom. The van der Waals surface area contributed by atoms with E-state index in [0.717, 1.165) is 0 Å². The highest BCUT2D eigenvalue weighted by atomic mass is 19.3. The van der Waals surface area contributed by atoms with Gasteiger partial charge in [0.2, 0.25) is 0 Å². The summed E-state index contributed by atoms with van der Waals surface area (Å²) >= 11 is 0. The van der Waals surface area contributed by atoms with Crippen molar-refractivity contribution in [2.75, 3.05) is 0 Å². The number of benzene rings is 2. The van der Waals surface area contributed by atoms with E-state index >= 15 is 0 Å². The molecule has 1 aliphatic rings. The second-order valence-corrected chi connectivity index (χ2v) is 5.15. The molecular weight excluding hydrogens is 308 g/mol. The summed E-state index contributed by atoms with van der Waals surface area (Å²) < 4.78 is 35.5. The first-order valence-electron chi connectivity index (χ1n) is 6.82. The average Bonchev–Trinajstić information content (AvgIpc) is 2.80. The summed E-state index contributed by atoms with van der Waals surface area (Å²) in [7, 11) is 0. The summed E-state index contributed by atoms with van der Waals surface area (Å²) in [6, 6.07) is 10.4. The fraction of sp³-hybridized carbons (Fsp3) is 0.188. The van der Waals surface area contributed by atoms with Crippen LogP contribution in [0.15, 0.2) is 42.5 Å². The van der Waals surface area contributed by atoms with Gasteiger partial charge in [0.1, 0.15) is 6.04 Å². The minimum absolute atomic E-state index is 0.0415. The number of aliphatic carboxylic acids is 1. The number of hydrogen-bond donors (Lipinski definition) is 2. The number of carboxylic acids is 1. The summed E-state index contributed by atoms with van der Waals surface area (Å²) in [6.07, 6.45) is -3.56. The van der Waals surface area contributed by atoms with Crippen molar-refractivity contribution < 1.29 is 28.2 Å². The molecule has 1 heterocycles. The molecule has 0 radical (unpaired) electrons. The molecule has 1 aliphatic heterocycles. The number of ether oxygens (including phenoxy) is 2. The summed E-state index contributed by atoms with van der Waals surface area (Å²) in [5.74, 6) is -1.19. The predicted molar refractivity (Wildman–Crippen MR) is 77.4 cm³/mol. The topological polar surface area (TPSA) is 81.8 Å². The maximum atomic E-state index is 13.2. The Morgan fingerprint density at radius 2 is 1.96 bits per heavy atom. The number of para-hydroxylation sites is 1. The predicted octanol–water partition coefficient (Wildman–Crippen LogP) is 2.63. The maximum absolute atomic E-state index is 13.2. The fourth-order valence-corrected chi connectivity index (χ4v) is 2.40. The molecule has 120 valence electrons. The second-order valence-electron chi connectivity index (χ2n) is 5.15. The summed E-state index contributed by atoms with van der Waals surface area (Å²) in [5, 5.41) is 8.87. The first-order valence-corrected chi connectivity index (χ1v) is 6.82. The highest BCUT2D eigenvalue weighted by Crippen LogP contribution is 2.46. The normalized spacial score (nSPS) is 16.1. The minimum Gasteiger partial charge on any atom is -0.480 e. The van der Waals surface area contributed by atoms with Gasteiger partial charge < -0.3 is 20.3 Å². The zero-order chi connectivity index (χ0) is 16.6. The monoisotopic (exact) mass is 321 g/mol. The van der Waals surface area contributed by atoms with Crippen molar-refractivity contribution in [3.63, 3.8) is 0 Å². The molecule has 1 unspecified atom stereocenters. The Hall–Kier alpha value is -2.67. The Labute approximate surface area is 130 Å². The van der Waals surface area contributed by atoms with E-state index in [1.165, 1.54) is 6.07 Å². The van der Waals surface area contributed by atoms with Gasteiger partial charge in [-0.15, -0.1) is 8.78 Å². The van der Waals surface area contributed by atoms with Gasteiger partial charge in [0.15, 0.2) is 11.5 Å². The first kappa shape index (κ1) is 15.2. The van der Waals surface area contributed by atoms with Crippen LogP contribution in [0.3, 0.4) is 0 Å². The van der Waals surface area contributed by atoms with Crippen molar-refractivity contribution in [3.05, 3.63) is 48.0 Å². The summed E-state index contributed by atoms with van der Waals surface area (Å²) in [4.78, 5) is 10.8. The highest BCUT2D eigenvalue weighted by Gasteiger charge is 2.44. The van der Waals surface area contributed by atoms with Crippen LogP contribution in [0.1, 0.15) is 5.56 Å². The molecule has 2 aromatic rings. The third-order valence-electron chi connectivity index (χ3n) is 3.44. The van der Waals surface area contributed by atoms with Gasteiger partial charge in [-0.05, 0) is 23.6 Å². The number of rotatable bonds is 4. The lowest BCUT2D eigenvalue weighted by Gasteiger charge is -2.10. The number of halogens is 2. The van der Waals surface area contributed by atoms with Crippen LogP contribution < -0.4 is 15.2 Å². The van der Waals surface area contributed by atoms with Crippen LogP contribution >= 0.6 is 0 Å². The molecule has 0 bridgehead atoms. The Bertz CT molecular complexity index is 763. The van der Waals surface area contributed by atoms with Gasteiger partial charge >= 0.3 is 12.3 Å². The third kappa shape index (κ3) is 3.09. The molecule has 1 atom stereocenters. The molecule has 5 nitrogen and oxygen atoms in total. The van der Waals surface area contributed by atoms with Gasteiger partial charge in [0.25, 0.3) is 0 Å². The number of carbonyl (C=O) groups is 1. The molecular formula is C16H13F2NO4. The SMILES string of the molecule is NC(Cc1cccc(-c2cccc3c2OC(F)(F)O3)c1)C(=O)O. The third-order valence-corrected chi connectivity index (χ3v) is 3.44. The van der Waals surface area contributed by atoms with Gasteiger partial charge in [-0.1, -0.05) is 36.4 Å². The van der Waals surface area contributed by atoms with Crippen LogP contribution in [0.25, 0.3) is 11.1 Å². The molecule has 0 saturated heterocycles. The molecule has 3 N–H and O–H groups in total. The van der Waals surface area contributed by atoms with E-state index < -0.39 is 18.3 Å². The Kier molecular flexibility index (Phi) is 3.65. The van der Waals surface area contributed by atoms with Gasteiger partial charge in [-0.2, -0.15) is 0 Å². The Morgan fingerprint density at radius 1 is 1.22 bits per heavy atom. The second kappa shape index (κ2) is 5.51. The number of carboxylic acid groups (broad SMARTS) is 1. The van der Waals surface area contributed by atoms with Crippen LogP contribution in [0.5, 0.6) is 11.5 Å². The molecule has 2 aromatic carbocycles. The van der Waals surface area contributed by atoms with Crippen molar-refractivity contribution >= 4 is 5.97 Å². The van der Waals surface area contributed by atoms with Crippen molar-refractivity contribution in [1.29, 1.82) is 0 Å². The van der Waals surface area contributed by atoms with E-state index in [1.54, 1.807) is 36.4 Å². The van der Waals surface area contributed by atoms with Crippen molar-refractivity contribution in [2.24, 2.45) is 5.73 Å². The van der Waals surface area contributed by atoms with Gasteiger partial charge in [0, 0.05) is 5.56 Å². The van der Waals surface area contributed by atoms with E-state index in [9.17, 15) is 13.6 Å². The van der Waals surface area contributed by atoms with E-state index in [2.05, 4.69) is 9.47 Å². The zero-order valence-electron chi connectivity index (χ0n) is 11.8. The molecule has 3 rings (SSSR count). The average molecular weight is 321 g/mol. The van der Waals surface area contributed by atoms with Crippen molar-refractivity contribution in [3.8, 4) is 22.6 Å². The van der Waals surface area contributed by atoms with Gasteiger partial charge in [-0.25, -0.2) is 0 Å². The van der Waals surface area contributed by atoms with Gasteiger partial charge in [0.05, 0.1) is 0 Å². The van der Waals surface area contributed by atoms with Crippen LogP contribution in [-0.2, 0) is 11.2 Å². The lowest BCUT2D eigenvalue weighted by Crippen LogP contribution is -2.32. The molecule has 23 heavy (non-hydrogen) atoms. The van der Waals surface area contributed by atoms with Crippen molar-refractivity contribution in [1.82, 2.24) is 0 Å². The molecule has 0 aromatic heterocycles. The largest absolute Gasteiger partial charge is 0.586 e. The maximum Gasteiger partial charge on any atom is 0.586 e. The summed E-state index contributed by atoms with van der Waals surface area (Å²) in [6.45, 7) is 0. The number of alkyl halides is 2. The van der Waals surface area contributed by atoms with Crippen molar-refractivity contribution in [2.45, 2.75) is 18.8 Å². The number of fused-ring (bicyclic) bond motifs is 1. The molecule has 0 spiro atoms. The highest BCUT2D eigenvalue weighted by molar-refractivity contribution is 5.76. The van der Waals surface area contributed by atoms with E-state index in [1.807, 2.05) is 0 Å². The lowest BCUT2D eigenvalue weighted by molar-refractivity contribution is -0.286. The molecule has 0 saturated carbocycles. The zero-order valence-corrected chi connectivity index (χ0v) is 11.8. The molecule has 0 fully saturated rings. The van der Waals surface area contributed by atoms with E-state index in [4.69, 9.17) is 10.8 Å². The van der Waals surface area contributed by atoms with Crippen LogP contribution in [0, 0.1) is 0 Å². The first-order chi connectivity index (χ1) is 10.9. The summed E-state index contributed by atoms with van der Waals surface area (Å²) in [5.41, 5.74) is 7.25. The minimum atomic E-state index is -3.69. The van der Waals surface area contributed by atoms with E-state index in [0.29, 0.717) is 16.7 Å².